The van der Waals surface area contributed by atoms with E-state index in [-0.39, 0.29) is 0 Å². The summed E-state index contributed by atoms with van der Waals surface area (Å²) in [6.07, 6.45) is 0. The van der Waals surface area contributed by atoms with Crippen LogP contribution in [0, 0.1) is 0 Å². The molecule has 1 N–H and O–H groups in total. The van der Waals surface area contributed by atoms with E-state index in [1.165, 1.54) is 0 Å². The summed E-state index contributed by atoms with van der Waals surface area (Å²) in [4.78, 5) is 4.94. The molecule has 19 heavy (non-hydrogen) atoms. The zero-order valence-corrected chi connectivity index (χ0v) is 12.6. The van der Waals surface area contributed by atoms with E-state index in [1.807, 2.05) is 0 Å². The van der Waals surface area contributed by atoms with E-state index < -0.39 is 0 Å². The number of nitrogens with one attached hydrogen (secondary N) is 1. The van der Waals surface area contributed by atoms with Gasteiger partial charge in [0.05, 0.1) is 13.1 Å². The Morgan fingerprint density at radius 2 is 1.84 bits per heavy atom. The first-order valence-electron chi connectivity index (χ1n) is 7.32. The highest BCUT2D eigenvalue weighted by molar-refractivity contribution is 5.07. The molecule has 1 aromatic heterocycles. The van der Waals surface area contributed by atoms with Gasteiger partial charge in [0.25, 0.3) is 0 Å². The molecule has 4 heteroatoms. The fourth-order valence-electron chi connectivity index (χ4n) is 2.71. The third-order valence-electron chi connectivity index (χ3n) is 4.08. The molecule has 2 heterocycles. The van der Waals surface area contributed by atoms with E-state index in [4.69, 9.17) is 4.42 Å². The molecule has 0 amide bonds. The normalized spacial score (nSPS) is 25.9. The van der Waals surface area contributed by atoms with E-state index >= 15 is 0 Å². The topological polar surface area (TPSA) is 31.6 Å². The van der Waals surface area contributed by atoms with Gasteiger partial charge >= 0.3 is 0 Å². The highest BCUT2D eigenvalue weighted by Crippen LogP contribution is 2.17. The maximum absolute atomic E-state index is 5.87. The second kappa shape index (κ2) is 6.55. The lowest BCUT2D eigenvalue weighted by molar-refractivity contribution is 0.0516. The molecule has 2 rings (SSSR count). The first kappa shape index (κ1) is 14.6. The minimum atomic E-state index is 0.611. The van der Waals surface area contributed by atoms with Crippen LogP contribution in [-0.2, 0) is 13.1 Å². The van der Waals surface area contributed by atoms with Crippen LogP contribution in [0.4, 0.5) is 0 Å². The van der Waals surface area contributed by atoms with Crippen molar-refractivity contribution in [3.05, 3.63) is 23.7 Å². The van der Waals surface area contributed by atoms with Gasteiger partial charge in [0.2, 0.25) is 0 Å². The van der Waals surface area contributed by atoms with E-state index in [2.05, 4.69) is 55.1 Å². The van der Waals surface area contributed by atoms with E-state index in [0.717, 1.165) is 44.2 Å². The molecule has 0 spiro atoms. The summed E-state index contributed by atoms with van der Waals surface area (Å²) in [6, 6.07) is 5.42. The van der Waals surface area contributed by atoms with Crippen LogP contribution >= 0.6 is 0 Å². The fraction of sp³-hybridized carbons (Fsp3) is 0.733. The van der Waals surface area contributed by atoms with E-state index in [9.17, 15) is 0 Å². The molecule has 1 saturated heterocycles. The monoisotopic (exact) mass is 265 g/mol. The number of furan rings is 1. The molecular formula is C15H27N3O. The zero-order valence-electron chi connectivity index (χ0n) is 12.6. The van der Waals surface area contributed by atoms with Gasteiger partial charge in [-0.2, -0.15) is 0 Å². The summed E-state index contributed by atoms with van der Waals surface area (Å²) in [7, 11) is 2.22. The molecular weight excluding hydrogens is 238 g/mol. The number of hydrogen-bond donors (Lipinski definition) is 1. The lowest BCUT2D eigenvalue weighted by Crippen LogP contribution is -2.54. The summed E-state index contributed by atoms with van der Waals surface area (Å²) >= 11 is 0. The molecule has 1 fully saturated rings. The first-order chi connectivity index (χ1) is 9.10. The number of rotatable bonds is 5. The number of hydrogen-bond acceptors (Lipinski definition) is 4. The molecule has 108 valence electrons. The third kappa shape index (κ3) is 3.81. The van der Waals surface area contributed by atoms with Crippen molar-refractivity contribution in [2.75, 3.05) is 26.7 Å². The van der Waals surface area contributed by atoms with Gasteiger partial charge in [-0.3, -0.25) is 9.80 Å². The average Bonchev–Trinajstić information content (AvgIpc) is 2.81. The lowest BCUT2D eigenvalue weighted by Gasteiger charge is -2.42. The van der Waals surface area contributed by atoms with Gasteiger partial charge in [0, 0.05) is 25.2 Å². The minimum Gasteiger partial charge on any atom is -0.463 e. The van der Waals surface area contributed by atoms with E-state index in [0.29, 0.717) is 12.1 Å². The predicted octanol–water partition coefficient (Wildman–Crippen LogP) is 1.91. The van der Waals surface area contributed by atoms with Crippen molar-refractivity contribution in [1.82, 2.24) is 15.1 Å². The van der Waals surface area contributed by atoms with Crippen molar-refractivity contribution in [2.45, 2.75) is 45.9 Å². The molecule has 0 aromatic carbocycles. The smallest absolute Gasteiger partial charge is 0.118 e. The Kier molecular flexibility index (Phi) is 5.02. The van der Waals surface area contributed by atoms with Crippen molar-refractivity contribution < 1.29 is 4.42 Å². The molecule has 2 unspecified atom stereocenters. The largest absolute Gasteiger partial charge is 0.463 e. The van der Waals surface area contributed by atoms with Gasteiger partial charge in [-0.25, -0.2) is 0 Å². The molecule has 2 atom stereocenters. The molecule has 0 radical (unpaired) electrons. The Morgan fingerprint density at radius 1 is 1.21 bits per heavy atom. The fourth-order valence-corrected chi connectivity index (χ4v) is 2.71. The molecule has 1 aromatic rings. The summed E-state index contributed by atoms with van der Waals surface area (Å²) in [6.45, 7) is 11.7. The van der Waals surface area contributed by atoms with Crippen LogP contribution in [0.1, 0.15) is 32.3 Å². The molecule has 0 aliphatic carbocycles. The summed E-state index contributed by atoms with van der Waals surface area (Å²) in [5.41, 5.74) is 0. The van der Waals surface area contributed by atoms with Gasteiger partial charge in [-0.15, -0.1) is 0 Å². The highest BCUT2D eigenvalue weighted by atomic mass is 16.3. The van der Waals surface area contributed by atoms with Crippen molar-refractivity contribution in [3.8, 4) is 0 Å². The van der Waals surface area contributed by atoms with Crippen LogP contribution in [0.15, 0.2) is 16.5 Å². The van der Waals surface area contributed by atoms with Gasteiger partial charge in [0.15, 0.2) is 0 Å². The Bertz CT molecular complexity index is 378. The third-order valence-corrected chi connectivity index (χ3v) is 4.08. The number of piperazine rings is 1. The van der Waals surface area contributed by atoms with Crippen LogP contribution in [0.3, 0.4) is 0 Å². The quantitative estimate of drug-likeness (QED) is 0.881. The molecule has 1 aliphatic rings. The standard InChI is InChI=1S/C15H27N3O/c1-5-16-8-14-6-7-15(19-14)11-18-9-12(2)17(4)13(3)10-18/h6-7,12-13,16H,5,8-11H2,1-4H3. The van der Waals surface area contributed by atoms with Crippen molar-refractivity contribution >= 4 is 0 Å². The Labute approximate surface area is 116 Å². The molecule has 4 nitrogen and oxygen atoms in total. The van der Waals surface area contributed by atoms with Gasteiger partial charge in [-0.05, 0) is 39.6 Å². The van der Waals surface area contributed by atoms with Crippen LogP contribution in [-0.4, -0.2) is 48.6 Å². The van der Waals surface area contributed by atoms with Crippen molar-refractivity contribution in [3.63, 3.8) is 0 Å². The van der Waals surface area contributed by atoms with Gasteiger partial charge < -0.3 is 9.73 Å². The maximum atomic E-state index is 5.87. The van der Waals surface area contributed by atoms with E-state index in [1.54, 1.807) is 0 Å². The SMILES string of the molecule is CCNCc1ccc(CN2CC(C)N(C)C(C)C2)o1. The summed E-state index contributed by atoms with van der Waals surface area (Å²) in [5.74, 6) is 2.11. The van der Waals surface area contributed by atoms with Crippen LogP contribution in [0.2, 0.25) is 0 Å². The number of nitrogens with zero attached hydrogens (tertiary/aromatic N) is 2. The molecule has 0 bridgehead atoms. The Morgan fingerprint density at radius 3 is 2.47 bits per heavy atom. The van der Waals surface area contributed by atoms with Crippen LogP contribution in [0.5, 0.6) is 0 Å². The first-order valence-corrected chi connectivity index (χ1v) is 7.32. The lowest BCUT2D eigenvalue weighted by atomic mass is 10.1. The second-order valence-corrected chi connectivity index (χ2v) is 5.71. The predicted molar refractivity (Wildman–Crippen MR) is 78.1 cm³/mol. The Balaban J connectivity index is 1.88. The Hall–Kier alpha value is -0.840. The summed E-state index contributed by atoms with van der Waals surface area (Å²) < 4.78 is 5.87. The zero-order chi connectivity index (χ0) is 13.8. The average molecular weight is 265 g/mol. The van der Waals surface area contributed by atoms with Crippen molar-refractivity contribution in [1.29, 1.82) is 0 Å². The van der Waals surface area contributed by atoms with Crippen molar-refractivity contribution in [2.24, 2.45) is 0 Å². The van der Waals surface area contributed by atoms with Crippen LogP contribution < -0.4 is 5.32 Å². The molecule has 0 saturated carbocycles. The second-order valence-electron chi connectivity index (χ2n) is 5.71. The van der Waals surface area contributed by atoms with Gasteiger partial charge in [0.1, 0.15) is 11.5 Å². The number of likely N-dealkylation sites (N-methyl/N-ethyl adjacent to an activating group) is 1. The summed E-state index contributed by atoms with van der Waals surface area (Å²) in [5, 5.41) is 3.29. The minimum absolute atomic E-state index is 0.611. The maximum Gasteiger partial charge on any atom is 0.118 e. The van der Waals surface area contributed by atoms with Crippen LogP contribution in [0.25, 0.3) is 0 Å². The highest BCUT2D eigenvalue weighted by Gasteiger charge is 2.26. The molecule has 1 aliphatic heterocycles. The van der Waals surface area contributed by atoms with Gasteiger partial charge in [-0.1, -0.05) is 6.92 Å².